The zero-order valence-electron chi connectivity index (χ0n) is 11.8. The molecule has 0 radical (unpaired) electrons. The van der Waals surface area contributed by atoms with Crippen LogP contribution < -0.4 is 5.73 Å². The van der Waals surface area contributed by atoms with Crippen LogP contribution in [0.5, 0.6) is 0 Å². The van der Waals surface area contributed by atoms with Gasteiger partial charge in [0.25, 0.3) is 0 Å². The zero-order valence-corrected chi connectivity index (χ0v) is 11.8. The molecule has 5 atom stereocenters. The number of hydrogen-bond donors (Lipinski definition) is 1. The standard InChI is InChI=1S/C14H21NO4/c1-7-8(2)18-9(3)12(7)13(15)10-5-6-11(19-10)14(16)17-4/h5-9,12-13H,15H2,1-4H3. The molecule has 0 amide bonds. The van der Waals surface area contributed by atoms with Crippen LogP contribution in [-0.4, -0.2) is 25.3 Å². The second kappa shape index (κ2) is 5.35. The summed E-state index contributed by atoms with van der Waals surface area (Å²) >= 11 is 0. The van der Waals surface area contributed by atoms with E-state index in [9.17, 15) is 4.79 Å². The van der Waals surface area contributed by atoms with Crippen LogP contribution in [0.25, 0.3) is 0 Å². The van der Waals surface area contributed by atoms with Gasteiger partial charge in [-0.25, -0.2) is 4.79 Å². The topological polar surface area (TPSA) is 74.7 Å². The van der Waals surface area contributed by atoms with Gasteiger partial charge >= 0.3 is 5.97 Å². The van der Waals surface area contributed by atoms with E-state index in [1.54, 1.807) is 12.1 Å². The maximum absolute atomic E-state index is 11.4. The average Bonchev–Trinajstić information content (AvgIpc) is 2.95. The summed E-state index contributed by atoms with van der Waals surface area (Å²) in [5.74, 6) is 0.806. The first-order valence-corrected chi connectivity index (χ1v) is 6.54. The van der Waals surface area contributed by atoms with Gasteiger partial charge in [0.15, 0.2) is 0 Å². The number of esters is 1. The largest absolute Gasteiger partial charge is 0.463 e. The molecule has 2 heterocycles. The third-order valence-electron chi connectivity index (χ3n) is 4.08. The van der Waals surface area contributed by atoms with Crippen LogP contribution >= 0.6 is 0 Å². The first kappa shape index (κ1) is 14.1. The second-order valence-electron chi connectivity index (χ2n) is 5.20. The Hall–Kier alpha value is -1.33. The Morgan fingerprint density at radius 2 is 2.00 bits per heavy atom. The van der Waals surface area contributed by atoms with Crippen molar-refractivity contribution < 1.29 is 18.7 Å². The van der Waals surface area contributed by atoms with E-state index < -0.39 is 5.97 Å². The van der Waals surface area contributed by atoms with Crippen molar-refractivity contribution in [3.05, 3.63) is 23.7 Å². The summed E-state index contributed by atoms with van der Waals surface area (Å²) in [4.78, 5) is 11.4. The maximum Gasteiger partial charge on any atom is 0.373 e. The maximum atomic E-state index is 11.4. The number of hydrogen-bond acceptors (Lipinski definition) is 5. The Kier molecular flexibility index (Phi) is 3.96. The molecule has 1 aromatic heterocycles. The van der Waals surface area contributed by atoms with Crippen LogP contribution in [0.15, 0.2) is 16.5 Å². The molecule has 0 saturated carbocycles. The van der Waals surface area contributed by atoms with Crippen molar-refractivity contribution >= 4 is 5.97 Å². The van der Waals surface area contributed by atoms with Gasteiger partial charge < -0.3 is 19.6 Å². The zero-order chi connectivity index (χ0) is 14.2. The van der Waals surface area contributed by atoms with E-state index in [-0.39, 0.29) is 29.9 Å². The van der Waals surface area contributed by atoms with E-state index in [0.29, 0.717) is 11.7 Å². The van der Waals surface area contributed by atoms with Gasteiger partial charge in [-0.05, 0) is 31.9 Å². The molecule has 5 unspecified atom stereocenters. The number of methoxy groups -OCH3 is 1. The predicted octanol–water partition coefficient (Wildman–Crippen LogP) is 2.13. The molecule has 2 rings (SSSR count). The highest BCUT2D eigenvalue weighted by molar-refractivity contribution is 5.86. The fourth-order valence-corrected chi connectivity index (χ4v) is 2.84. The minimum Gasteiger partial charge on any atom is -0.463 e. The van der Waals surface area contributed by atoms with Crippen molar-refractivity contribution in [2.24, 2.45) is 17.6 Å². The van der Waals surface area contributed by atoms with Gasteiger partial charge in [-0.15, -0.1) is 0 Å². The number of carbonyl (C=O) groups excluding carboxylic acids is 1. The van der Waals surface area contributed by atoms with Crippen LogP contribution in [0.1, 0.15) is 43.1 Å². The molecule has 0 bridgehead atoms. The molecule has 2 N–H and O–H groups in total. The van der Waals surface area contributed by atoms with Crippen molar-refractivity contribution in [2.45, 2.75) is 39.0 Å². The van der Waals surface area contributed by atoms with Crippen LogP contribution in [0.3, 0.4) is 0 Å². The lowest BCUT2D eigenvalue weighted by atomic mass is 9.83. The summed E-state index contributed by atoms with van der Waals surface area (Å²) < 4.78 is 15.9. The first-order chi connectivity index (χ1) is 8.95. The Morgan fingerprint density at radius 1 is 1.32 bits per heavy atom. The van der Waals surface area contributed by atoms with Gasteiger partial charge in [-0.1, -0.05) is 6.92 Å². The molecule has 1 saturated heterocycles. The van der Waals surface area contributed by atoms with E-state index in [0.717, 1.165) is 0 Å². The molecule has 0 spiro atoms. The van der Waals surface area contributed by atoms with E-state index in [2.05, 4.69) is 18.6 Å². The van der Waals surface area contributed by atoms with Crippen molar-refractivity contribution in [1.82, 2.24) is 0 Å². The predicted molar refractivity (Wildman–Crippen MR) is 69.6 cm³/mol. The van der Waals surface area contributed by atoms with Crippen LogP contribution in [-0.2, 0) is 9.47 Å². The lowest BCUT2D eigenvalue weighted by molar-refractivity contribution is 0.0479. The molecule has 1 aliphatic rings. The Morgan fingerprint density at radius 3 is 2.53 bits per heavy atom. The van der Waals surface area contributed by atoms with Gasteiger partial charge in [-0.3, -0.25) is 0 Å². The number of nitrogens with two attached hydrogens (primary N) is 1. The smallest absolute Gasteiger partial charge is 0.373 e. The molecular formula is C14H21NO4. The van der Waals surface area contributed by atoms with Gasteiger partial charge in [0.2, 0.25) is 5.76 Å². The quantitative estimate of drug-likeness (QED) is 0.849. The van der Waals surface area contributed by atoms with Crippen molar-refractivity contribution in [3.63, 3.8) is 0 Å². The number of carbonyl (C=O) groups is 1. The lowest BCUT2D eigenvalue weighted by Gasteiger charge is -2.23. The average molecular weight is 267 g/mol. The van der Waals surface area contributed by atoms with Crippen molar-refractivity contribution in [1.29, 1.82) is 0 Å². The molecule has 1 fully saturated rings. The van der Waals surface area contributed by atoms with Crippen molar-refractivity contribution in [2.75, 3.05) is 7.11 Å². The summed E-state index contributed by atoms with van der Waals surface area (Å²) in [6.07, 6.45) is 0.257. The van der Waals surface area contributed by atoms with E-state index in [4.69, 9.17) is 14.9 Å². The fraction of sp³-hybridized carbons (Fsp3) is 0.643. The van der Waals surface area contributed by atoms with Crippen molar-refractivity contribution in [3.8, 4) is 0 Å². The minimum absolute atomic E-state index is 0.0756. The molecule has 106 valence electrons. The summed E-state index contributed by atoms with van der Waals surface area (Å²) in [6.45, 7) is 6.20. The van der Waals surface area contributed by atoms with E-state index in [1.807, 2.05) is 6.92 Å². The van der Waals surface area contributed by atoms with E-state index >= 15 is 0 Å². The lowest BCUT2D eigenvalue weighted by Crippen LogP contribution is -2.30. The third kappa shape index (κ3) is 2.53. The van der Waals surface area contributed by atoms with Gasteiger partial charge in [-0.2, -0.15) is 0 Å². The Labute approximate surface area is 113 Å². The van der Waals surface area contributed by atoms with Crippen LogP contribution in [0.4, 0.5) is 0 Å². The van der Waals surface area contributed by atoms with E-state index in [1.165, 1.54) is 7.11 Å². The highest BCUT2D eigenvalue weighted by atomic mass is 16.5. The fourth-order valence-electron chi connectivity index (χ4n) is 2.84. The minimum atomic E-state index is -0.490. The molecule has 19 heavy (non-hydrogen) atoms. The molecule has 0 aromatic carbocycles. The second-order valence-corrected chi connectivity index (χ2v) is 5.20. The first-order valence-electron chi connectivity index (χ1n) is 6.54. The molecule has 5 heteroatoms. The van der Waals surface area contributed by atoms with Gasteiger partial charge in [0.1, 0.15) is 5.76 Å². The van der Waals surface area contributed by atoms with Crippen LogP contribution in [0, 0.1) is 11.8 Å². The summed E-state index contributed by atoms with van der Waals surface area (Å²) in [5.41, 5.74) is 6.27. The monoisotopic (exact) mass is 267 g/mol. The third-order valence-corrected chi connectivity index (χ3v) is 4.08. The number of furan rings is 1. The van der Waals surface area contributed by atoms with Gasteiger partial charge in [0.05, 0.1) is 25.4 Å². The summed E-state index contributed by atoms with van der Waals surface area (Å²) in [5, 5.41) is 0. The number of ether oxygens (including phenoxy) is 2. The molecule has 1 aromatic rings. The van der Waals surface area contributed by atoms with Gasteiger partial charge in [0, 0.05) is 5.92 Å². The highest BCUT2D eigenvalue weighted by Gasteiger charge is 2.41. The molecule has 0 aliphatic carbocycles. The Balaban J connectivity index is 2.17. The number of rotatable bonds is 3. The SMILES string of the molecule is COC(=O)c1ccc(C(N)C2C(C)OC(C)C2C)o1. The highest BCUT2D eigenvalue weighted by Crippen LogP contribution is 2.39. The Bertz CT molecular complexity index is 456. The summed E-state index contributed by atoms with van der Waals surface area (Å²) in [6, 6.07) is 3.04. The molecule has 5 nitrogen and oxygen atoms in total. The summed E-state index contributed by atoms with van der Waals surface area (Å²) in [7, 11) is 1.32. The normalized spacial score (nSPS) is 32.3. The molecular weight excluding hydrogens is 246 g/mol. The van der Waals surface area contributed by atoms with Crippen LogP contribution in [0.2, 0.25) is 0 Å². The molecule has 1 aliphatic heterocycles.